The number of aromatic nitrogens is 1. The maximum absolute atomic E-state index is 13.8. The number of carbonyl (C=O) groups is 2. The zero-order chi connectivity index (χ0) is 25.7. The number of fused-ring (bicyclic) bond motifs is 1. The van der Waals surface area contributed by atoms with E-state index in [1.54, 1.807) is 25.2 Å². The molecule has 1 aromatic heterocycles. The predicted octanol–water partition coefficient (Wildman–Crippen LogP) is 1.48. The van der Waals surface area contributed by atoms with E-state index in [0.29, 0.717) is 35.2 Å². The number of urea groups is 1. The molecule has 186 valence electrons. The number of carbonyl (C=O) groups excluding carboxylic acids is 2. The molecule has 0 unspecified atom stereocenters. The molecule has 2 aliphatic heterocycles. The van der Waals surface area contributed by atoms with Crippen molar-refractivity contribution in [1.82, 2.24) is 10.3 Å². The number of hydrogen-bond acceptors (Lipinski definition) is 6. The SMILES string of the molecule is CN1C(=O)[C@H](NC(=O)N=CC(=CN)Cc2cccnc2F)CCc2ccc(C#CC3(O)COC3)cc21. The molecule has 36 heavy (non-hydrogen) atoms. The average Bonchev–Trinajstić information content (AvgIpc) is 2.97. The number of aryl methyl sites for hydroxylation is 1. The van der Waals surface area contributed by atoms with Crippen LogP contribution < -0.4 is 16.0 Å². The number of rotatable bonds is 4. The van der Waals surface area contributed by atoms with Gasteiger partial charge in [-0.2, -0.15) is 4.39 Å². The number of likely N-dealkylation sites (N-methyl/N-ethyl adjacent to an activating group) is 1. The van der Waals surface area contributed by atoms with Crippen molar-refractivity contribution in [3.8, 4) is 11.8 Å². The lowest BCUT2D eigenvalue weighted by atomic mass is 10.0. The van der Waals surface area contributed by atoms with Crippen LogP contribution in [0, 0.1) is 17.8 Å². The summed E-state index contributed by atoms with van der Waals surface area (Å²) in [5, 5.41) is 12.7. The molecule has 1 saturated heterocycles. The lowest BCUT2D eigenvalue weighted by molar-refractivity contribution is -0.140. The van der Waals surface area contributed by atoms with Gasteiger partial charge in [0.2, 0.25) is 11.9 Å². The number of ether oxygens (including phenoxy) is 1. The summed E-state index contributed by atoms with van der Waals surface area (Å²) in [5.74, 6) is 4.83. The van der Waals surface area contributed by atoms with Crippen LogP contribution in [0.1, 0.15) is 23.1 Å². The largest absolute Gasteiger partial charge is 0.404 e. The smallest absolute Gasteiger partial charge is 0.341 e. The molecule has 10 heteroatoms. The highest BCUT2D eigenvalue weighted by Crippen LogP contribution is 2.27. The van der Waals surface area contributed by atoms with Gasteiger partial charge in [-0.25, -0.2) is 14.8 Å². The number of nitrogens with zero attached hydrogens (tertiary/aromatic N) is 3. The number of pyridine rings is 1. The van der Waals surface area contributed by atoms with E-state index < -0.39 is 23.6 Å². The van der Waals surface area contributed by atoms with E-state index >= 15 is 0 Å². The van der Waals surface area contributed by atoms with E-state index in [1.165, 1.54) is 23.5 Å². The number of hydrogen-bond donors (Lipinski definition) is 3. The summed E-state index contributed by atoms with van der Waals surface area (Å²) in [6.07, 6.45) is 4.88. The fourth-order valence-corrected chi connectivity index (χ4v) is 3.88. The summed E-state index contributed by atoms with van der Waals surface area (Å²) in [4.78, 5) is 34.5. The van der Waals surface area contributed by atoms with Crippen molar-refractivity contribution >= 4 is 23.8 Å². The quantitative estimate of drug-likeness (QED) is 0.337. The second-order valence-electron chi connectivity index (χ2n) is 8.69. The van der Waals surface area contributed by atoms with E-state index in [0.717, 1.165) is 5.56 Å². The van der Waals surface area contributed by atoms with Crippen molar-refractivity contribution < 1.29 is 23.8 Å². The molecule has 1 aromatic carbocycles. The monoisotopic (exact) mass is 491 g/mol. The van der Waals surface area contributed by atoms with Crippen LogP contribution in [0.5, 0.6) is 0 Å². The highest BCUT2D eigenvalue weighted by molar-refractivity contribution is 6.01. The minimum atomic E-state index is -1.13. The summed E-state index contributed by atoms with van der Waals surface area (Å²) < 4.78 is 18.8. The number of nitrogens with two attached hydrogens (primary N) is 1. The van der Waals surface area contributed by atoms with Crippen molar-refractivity contribution in [3.05, 3.63) is 70.9 Å². The molecule has 0 saturated carbocycles. The zero-order valence-electron chi connectivity index (χ0n) is 19.7. The van der Waals surface area contributed by atoms with Gasteiger partial charge in [-0.1, -0.05) is 24.0 Å². The van der Waals surface area contributed by atoms with Gasteiger partial charge in [0.15, 0.2) is 5.60 Å². The third-order valence-corrected chi connectivity index (χ3v) is 5.99. The van der Waals surface area contributed by atoms with Gasteiger partial charge in [0, 0.05) is 42.7 Å². The number of aliphatic imine (C=N–C) groups is 1. The second kappa shape index (κ2) is 10.7. The van der Waals surface area contributed by atoms with Gasteiger partial charge in [0.1, 0.15) is 6.04 Å². The lowest BCUT2D eigenvalue weighted by Gasteiger charge is -2.30. The summed E-state index contributed by atoms with van der Waals surface area (Å²) in [7, 11) is 1.64. The fraction of sp³-hybridized carbons (Fsp3) is 0.308. The Bertz CT molecular complexity index is 1290. The molecule has 0 spiro atoms. The summed E-state index contributed by atoms with van der Waals surface area (Å²) in [6, 6.07) is 7.20. The molecule has 0 aliphatic carbocycles. The highest BCUT2D eigenvalue weighted by Gasteiger charge is 2.34. The maximum atomic E-state index is 13.8. The third kappa shape index (κ3) is 5.76. The molecule has 0 radical (unpaired) electrons. The van der Waals surface area contributed by atoms with Gasteiger partial charge >= 0.3 is 6.03 Å². The van der Waals surface area contributed by atoms with Crippen LogP contribution in [-0.2, 0) is 22.4 Å². The average molecular weight is 492 g/mol. The first-order valence-corrected chi connectivity index (χ1v) is 11.4. The molecular formula is C26H26FN5O4. The Morgan fingerprint density at radius 2 is 2.25 bits per heavy atom. The predicted molar refractivity (Wildman–Crippen MR) is 132 cm³/mol. The van der Waals surface area contributed by atoms with Gasteiger partial charge in [0.05, 0.1) is 13.2 Å². The molecule has 2 aromatic rings. The maximum Gasteiger partial charge on any atom is 0.341 e. The summed E-state index contributed by atoms with van der Waals surface area (Å²) in [5.41, 5.74) is 7.50. The van der Waals surface area contributed by atoms with Crippen molar-refractivity contribution in [2.24, 2.45) is 10.7 Å². The fourth-order valence-electron chi connectivity index (χ4n) is 3.88. The minimum Gasteiger partial charge on any atom is -0.404 e. The van der Waals surface area contributed by atoms with Crippen LogP contribution >= 0.6 is 0 Å². The van der Waals surface area contributed by atoms with Crippen LogP contribution in [0.15, 0.2) is 53.3 Å². The molecule has 2 aliphatic rings. The van der Waals surface area contributed by atoms with Crippen molar-refractivity contribution in [2.75, 3.05) is 25.2 Å². The molecule has 1 atom stereocenters. The standard InChI is InChI=1S/C26H26FN5O4/c1-32-22-12-17(8-9-26(35)15-36-16-26)4-5-19(22)6-7-21(24(32)33)31-25(34)30-14-18(13-28)11-20-3-2-10-29-23(20)27/h2-5,10,12-14,21,35H,6-7,11,15-16,28H2,1H3,(H,31,34)/t21-/m1/s1. The molecule has 0 bridgehead atoms. The van der Waals surface area contributed by atoms with Crippen LogP contribution in [-0.4, -0.2) is 60.1 Å². The molecule has 3 heterocycles. The third-order valence-electron chi connectivity index (χ3n) is 5.99. The van der Waals surface area contributed by atoms with Crippen molar-refractivity contribution in [1.29, 1.82) is 0 Å². The van der Waals surface area contributed by atoms with Gasteiger partial charge in [0.25, 0.3) is 0 Å². The van der Waals surface area contributed by atoms with E-state index in [4.69, 9.17) is 10.5 Å². The Kier molecular flexibility index (Phi) is 7.43. The summed E-state index contributed by atoms with van der Waals surface area (Å²) in [6.45, 7) is 0.353. The molecule has 1 fully saturated rings. The van der Waals surface area contributed by atoms with Crippen LogP contribution in [0.2, 0.25) is 0 Å². The first kappa shape index (κ1) is 25.0. The number of nitrogens with one attached hydrogen (secondary N) is 1. The Morgan fingerprint density at radius 1 is 1.44 bits per heavy atom. The van der Waals surface area contributed by atoms with Gasteiger partial charge < -0.3 is 25.8 Å². The van der Waals surface area contributed by atoms with E-state index in [-0.39, 0.29) is 25.5 Å². The first-order valence-electron chi connectivity index (χ1n) is 11.4. The number of allylic oxidation sites excluding steroid dienone is 1. The number of halogens is 1. The van der Waals surface area contributed by atoms with Crippen LogP contribution in [0.4, 0.5) is 14.9 Å². The molecule has 4 rings (SSSR count). The lowest BCUT2D eigenvalue weighted by Crippen LogP contribution is -2.48. The second-order valence-corrected chi connectivity index (χ2v) is 8.69. The van der Waals surface area contributed by atoms with Gasteiger partial charge in [-0.3, -0.25) is 4.79 Å². The highest BCUT2D eigenvalue weighted by atomic mass is 19.1. The van der Waals surface area contributed by atoms with Crippen LogP contribution in [0.25, 0.3) is 0 Å². The Labute approximate surface area is 207 Å². The normalized spacial score (nSPS) is 19.1. The van der Waals surface area contributed by atoms with Gasteiger partial charge in [-0.05, 0) is 48.4 Å². The number of aliphatic hydroxyl groups is 1. The topological polar surface area (TPSA) is 130 Å². The number of anilines is 1. The minimum absolute atomic E-state index is 0.114. The Hall–Kier alpha value is -4.07. The zero-order valence-corrected chi connectivity index (χ0v) is 19.7. The first-order chi connectivity index (χ1) is 17.3. The Morgan fingerprint density at radius 3 is 2.94 bits per heavy atom. The molecule has 4 N–H and O–H groups in total. The van der Waals surface area contributed by atoms with E-state index in [2.05, 4.69) is 27.1 Å². The number of benzene rings is 1. The van der Waals surface area contributed by atoms with E-state index in [1.807, 2.05) is 12.1 Å². The summed E-state index contributed by atoms with van der Waals surface area (Å²) >= 11 is 0. The van der Waals surface area contributed by atoms with Crippen molar-refractivity contribution in [2.45, 2.75) is 30.9 Å². The molecular weight excluding hydrogens is 465 g/mol. The Balaban J connectivity index is 1.41. The number of amides is 3. The van der Waals surface area contributed by atoms with E-state index in [9.17, 15) is 19.1 Å². The van der Waals surface area contributed by atoms with Crippen LogP contribution in [0.3, 0.4) is 0 Å². The van der Waals surface area contributed by atoms with Gasteiger partial charge in [-0.15, -0.1) is 0 Å². The molecule has 9 nitrogen and oxygen atoms in total. The molecule has 3 amide bonds. The van der Waals surface area contributed by atoms with Crippen molar-refractivity contribution in [3.63, 3.8) is 0 Å².